The van der Waals surface area contributed by atoms with Crippen LogP contribution in [0, 0.1) is 5.92 Å². The van der Waals surface area contributed by atoms with E-state index in [1.807, 2.05) is 12.1 Å². The predicted octanol–water partition coefficient (Wildman–Crippen LogP) is 1.95. The Balaban J connectivity index is 2.17. The van der Waals surface area contributed by atoms with Crippen LogP contribution in [-0.2, 0) is 9.59 Å². The third kappa shape index (κ3) is 3.87. The minimum absolute atomic E-state index is 0.0439. The molecule has 1 aromatic rings. The second-order valence-corrected chi connectivity index (χ2v) is 5.44. The fraction of sp³-hybridized carbons (Fsp3) is 0.467. The Kier molecular flexibility index (Phi) is 4.67. The van der Waals surface area contributed by atoms with E-state index < -0.39 is 5.97 Å². The van der Waals surface area contributed by atoms with Crippen LogP contribution in [0.3, 0.4) is 0 Å². The maximum atomic E-state index is 12.0. The largest absolute Gasteiger partial charge is 0.482 e. The second-order valence-electron chi connectivity index (χ2n) is 5.44. The number of amides is 1. The van der Waals surface area contributed by atoms with Crippen LogP contribution in [0.1, 0.15) is 20.3 Å². The van der Waals surface area contributed by atoms with Gasteiger partial charge in [-0.25, -0.2) is 0 Å². The van der Waals surface area contributed by atoms with Gasteiger partial charge >= 0.3 is 5.97 Å². The highest BCUT2D eigenvalue weighted by Gasteiger charge is 2.26. The maximum absolute atomic E-state index is 12.0. The summed E-state index contributed by atoms with van der Waals surface area (Å²) in [6.07, 6.45) is 0.0439. The Bertz CT molecular complexity index is 542. The van der Waals surface area contributed by atoms with Gasteiger partial charge in [-0.15, -0.1) is 0 Å². The molecular formula is C15H20N2O4. The lowest BCUT2D eigenvalue weighted by atomic mass is 10.1. The van der Waals surface area contributed by atoms with E-state index in [0.717, 1.165) is 11.4 Å². The molecule has 21 heavy (non-hydrogen) atoms. The van der Waals surface area contributed by atoms with Crippen LogP contribution < -0.4 is 15.0 Å². The number of anilines is 2. The number of carbonyl (C=O) groups excluding carboxylic acids is 1. The summed E-state index contributed by atoms with van der Waals surface area (Å²) < 4.78 is 5.43. The van der Waals surface area contributed by atoms with E-state index in [9.17, 15) is 9.59 Å². The molecule has 0 radical (unpaired) electrons. The van der Waals surface area contributed by atoms with Crippen LogP contribution in [-0.4, -0.2) is 36.7 Å². The van der Waals surface area contributed by atoms with Crippen LogP contribution in [0.15, 0.2) is 18.2 Å². The van der Waals surface area contributed by atoms with Crippen molar-refractivity contribution in [1.82, 2.24) is 0 Å². The first kappa shape index (κ1) is 15.2. The van der Waals surface area contributed by atoms with E-state index in [1.54, 1.807) is 11.0 Å². The number of aliphatic carboxylic acids is 1. The van der Waals surface area contributed by atoms with Gasteiger partial charge in [-0.05, 0) is 24.1 Å². The van der Waals surface area contributed by atoms with Gasteiger partial charge in [0.15, 0.2) is 6.61 Å². The van der Waals surface area contributed by atoms with Gasteiger partial charge in [0.05, 0.1) is 12.1 Å². The molecule has 2 rings (SSSR count). The average molecular weight is 292 g/mol. The van der Waals surface area contributed by atoms with Crippen LogP contribution in [0.2, 0.25) is 0 Å². The molecule has 0 saturated heterocycles. The van der Waals surface area contributed by atoms with Crippen molar-refractivity contribution in [1.29, 1.82) is 0 Å². The van der Waals surface area contributed by atoms with Gasteiger partial charge in [0.2, 0.25) is 0 Å². The van der Waals surface area contributed by atoms with Crippen molar-refractivity contribution in [3.8, 4) is 5.75 Å². The fourth-order valence-electron chi connectivity index (χ4n) is 2.19. The Morgan fingerprint density at radius 2 is 2.24 bits per heavy atom. The van der Waals surface area contributed by atoms with Crippen LogP contribution >= 0.6 is 0 Å². The topological polar surface area (TPSA) is 78.9 Å². The number of carboxylic acids is 1. The Labute approximate surface area is 123 Å². The van der Waals surface area contributed by atoms with E-state index in [0.29, 0.717) is 24.8 Å². The molecule has 1 aliphatic rings. The van der Waals surface area contributed by atoms with Crippen molar-refractivity contribution in [3.63, 3.8) is 0 Å². The number of carbonyl (C=O) groups is 2. The van der Waals surface area contributed by atoms with E-state index in [-0.39, 0.29) is 18.9 Å². The zero-order valence-corrected chi connectivity index (χ0v) is 12.3. The molecule has 1 amide bonds. The number of benzene rings is 1. The highest BCUT2D eigenvalue weighted by atomic mass is 16.5. The number of nitrogens with one attached hydrogen (secondary N) is 1. The molecule has 1 heterocycles. The number of nitrogens with zero attached hydrogens (tertiary/aromatic N) is 1. The molecular weight excluding hydrogens is 272 g/mol. The molecule has 0 bridgehead atoms. The van der Waals surface area contributed by atoms with Gasteiger partial charge in [0.1, 0.15) is 5.75 Å². The molecule has 114 valence electrons. The normalized spacial score (nSPS) is 13.9. The Hall–Kier alpha value is -2.24. The molecule has 1 aliphatic heterocycles. The van der Waals surface area contributed by atoms with Crippen LogP contribution in [0.4, 0.5) is 11.4 Å². The van der Waals surface area contributed by atoms with Crippen LogP contribution in [0.25, 0.3) is 0 Å². The van der Waals surface area contributed by atoms with E-state index in [1.165, 1.54) is 0 Å². The maximum Gasteiger partial charge on any atom is 0.305 e. The first-order valence-electron chi connectivity index (χ1n) is 7.00. The molecule has 0 spiro atoms. The number of rotatable bonds is 6. The number of hydrogen-bond acceptors (Lipinski definition) is 4. The lowest BCUT2D eigenvalue weighted by molar-refractivity contribution is -0.136. The van der Waals surface area contributed by atoms with E-state index >= 15 is 0 Å². The summed E-state index contributed by atoms with van der Waals surface area (Å²) in [7, 11) is 0. The third-order valence-corrected chi connectivity index (χ3v) is 3.12. The van der Waals surface area contributed by atoms with Crippen molar-refractivity contribution in [3.05, 3.63) is 18.2 Å². The molecule has 2 N–H and O–H groups in total. The molecule has 0 aromatic heterocycles. The van der Waals surface area contributed by atoms with Gasteiger partial charge in [-0.2, -0.15) is 0 Å². The first-order valence-corrected chi connectivity index (χ1v) is 7.00. The highest BCUT2D eigenvalue weighted by molar-refractivity contribution is 5.98. The number of ether oxygens (including phenoxy) is 1. The summed E-state index contributed by atoms with van der Waals surface area (Å²) >= 11 is 0. The smallest absolute Gasteiger partial charge is 0.305 e. The van der Waals surface area contributed by atoms with Gasteiger partial charge in [-0.1, -0.05) is 13.8 Å². The molecule has 0 atom stereocenters. The average Bonchev–Trinajstić information content (AvgIpc) is 2.41. The first-order chi connectivity index (χ1) is 9.97. The molecule has 6 nitrogen and oxygen atoms in total. The fourth-order valence-corrected chi connectivity index (χ4v) is 2.19. The minimum atomic E-state index is -0.847. The zero-order valence-electron chi connectivity index (χ0n) is 12.3. The van der Waals surface area contributed by atoms with Gasteiger partial charge < -0.3 is 20.1 Å². The summed E-state index contributed by atoms with van der Waals surface area (Å²) in [5.41, 5.74) is 1.52. The summed E-state index contributed by atoms with van der Waals surface area (Å²) in [4.78, 5) is 24.3. The molecule has 0 aliphatic carbocycles. The number of hydrogen-bond donors (Lipinski definition) is 2. The molecule has 0 saturated carbocycles. The van der Waals surface area contributed by atoms with E-state index in [2.05, 4.69) is 19.2 Å². The summed E-state index contributed by atoms with van der Waals surface area (Å²) in [5.74, 6) is 0.127. The second kappa shape index (κ2) is 6.47. The SMILES string of the molecule is CC(C)CN1C(=O)COc2ccc(NCCC(=O)O)cc21. The van der Waals surface area contributed by atoms with Crippen molar-refractivity contribution in [2.45, 2.75) is 20.3 Å². The number of carboxylic acid groups (broad SMARTS) is 1. The summed E-state index contributed by atoms with van der Waals surface area (Å²) in [6.45, 7) is 5.14. The zero-order chi connectivity index (χ0) is 15.4. The summed E-state index contributed by atoms with van der Waals surface area (Å²) in [5, 5.41) is 11.7. The molecule has 6 heteroatoms. The van der Waals surface area contributed by atoms with Crippen molar-refractivity contribution in [2.75, 3.05) is 29.9 Å². The predicted molar refractivity (Wildman–Crippen MR) is 79.9 cm³/mol. The van der Waals surface area contributed by atoms with Gasteiger partial charge in [0, 0.05) is 18.8 Å². The minimum Gasteiger partial charge on any atom is -0.482 e. The highest BCUT2D eigenvalue weighted by Crippen LogP contribution is 2.34. The lowest BCUT2D eigenvalue weighted by Gasteiger charge is -2.31. The van der Waals surface area contributed by atoms with Crippen molar-refractivity contribution in [2.24, 2.45) is 5.92 Å². The number of fused-ring (bicyclic) bond motifs is 1. The molecule has 0 unspecified atom stereocenters. The molecule has 0 fully saturated rings. The van der Waals surface area contributed by atoms with E-state index in [4.69, 9.17) is 9.84 Å². The monoisotopic (exact) mass is 292 g/mol. The summed E-state index contributed by atoms with van der Waals surface area (Å²) in [6, 6.07) is 5.46. The van der Waals surface area contributed by atoms with Crippen molar-refractivity contribution < 1.29 is 19.4 Å². The van der Waals surface area contributed by atoms with Crippen molar-refractivity contribution >= 4 is 23.3 Å². The quantitative estimate of drug-likeness (QED) is 0.838. The Morgan fingerprint density at radius 3 is 2.90 bits per heavy atom. The molecule has 1 aromatic carbocycles. The van der Waals surface area contributed by atoms with Gasteiger partial charge in [0.25, 0.3) is 5.91 Å². The lowest BCUT2D eigenvalue weighted by Crippen LogP contribution is -2.40. The van der Waals surface area contributed by atoms with Crippen LogP contribution in [0.5, 0.6) is 5.75 Å². The third-order valence-electron chi connectivity index (χ3n) is 3.12. The van der Waals surface area contributed by atoms with Gasteiger partial charge in [-0.3, -0.25) is 9.59 Å². The standard InChI is InChI=1S/C15H20N2O4/c1-10(2)8-17-12-7-11(16-6-5-15(19)20)3-4-13(12)21-9-14(17)18/h3-4,7,10,16H,5-6,8-9H2,1-2H3,(H,19,20). The Morgan fingerprint density at radius 1 is 1.48 bits per heavy atom.